The summed E-state index contributed by atoms with van der Waals surface area (Å²) in [6.07, 6.45) is 9.23. The molecule has 0 fully saturated rings. The fraction of sp³-hybridized carbons (Fsp3) is 0.316. The fourth-order valence-electron chi connectivity index (χ4n) is 5.60. The lowest BCUT2D eigenvalue weighted by atomic mass is 9.77. The van der Waals surface area contributed by atoms with E-state index in [1.54, 1.807) is 12.1 Å². The van der Waals surface area contributed by atoms with Crippen LogP contribution in [0.25, 0.3) is 22.3 Å². The zero-order chi connectivity index (χ0) is 29.3. The van der Waals surface area contributed by atoms with Gasteiger partial charge in [0.2, 0.25) is 0 Å². The van der Waals surface area contributed by atoms with Crippen molar-refractivity contribution in [3.05, 3.63) is 107 Å². The molecule has 4 heteroatoms. The van der Waals surface area contributed by atoms with Gasteiger partial charge in [-0.05, 0) is 59.4 Å². The number of carbonyl (C=O) groups excluding carboxylic acids is 2. The summed E-state index contributed by atoms with van der Waals surface area (Å²) in [7, 11) is 0. The van der Waals surface area contributed by atoms with Gasteiger partial charge in [-0.1, -0.05) is 113 Å². The minimum atomic E-state index is -0.125. The highest BCUT2D eigenvalue weighted by Gasteiger charge is 2.34. The van der Waals surface area contributed by atoms with Gasteiger partial charge in [0.1, 0.15) is 11.5 Å². The first-order valence-corrected chi connectivity index (χ1v) is 15.4. The monoisotopic (exact) mass is 560 g/mol. The van der Waals surface area contributed by atoms with E-state index in [0.717, 1.165) is 46.6 Å². The van der Waals surface area contributed by atoms with Gasteiger partial charge in [0.05, 0.1) is 13.2 Å². The summed E-state index contributed by atoms with van der Waals surface area (Å²) in [5.74, 6) is 1.36. The minimum absolute atomic E-state index is 0.125. The molecule has 0 aromatic heterocycles. The lowest BCUT2D eigenvalue weighted by molar-refractivity contribution is 0.0980. The predicted molar refractivity (Wildman–Crippen MR) is 170 cm³/mol. The molecular weight excluding hydrogens is 520 g/mol. The zero-order valence-electron chi connectivity index (χ0n) is 24.8. The van der Waals surface area contributed by atoms with Gasteiger partial charge in [0.25, 0.3) is 0 Å². The fourth-order valence-corrected chi connectivity index (χ4v) is 5.60. The minimum Gasteiger partial charge on any atom is -0.494 e. The Hall–Kier alpha value is -4.18. The number of benzene rings is 4. The standard InChI is InChI=1S/C38H40O4/c1-3-5-7-11-25-41-29-19-15-27(16-20-29)31-23-24-32(28-17-21-30(22-18-28)42-26-12-8-6-4-2)36-35(31)37(39)33-13-9-10-14-34(33)38(36)40/h9-10,13-24H,3-8,11-12,25-26H2,1-2H3. The molecule has 0 heterocycles. The van der Waals surface area contributed by atoms with Crippen molar-refractivity contribution in [2.24, 2.45) is 0 Å². The Morgan fingerprint density at radius 3 is 1.24 bits per heavy atom. The van der Waals surface area contributed by atoms with Crippen LogP contribution in [0.2, 0.25) is 0 Å². The highest BCUT2D eigenvalue weighted by atomic mass is 16.5. The average Bonchev–Trinajstić information content (AvgIpc) is 3.03. The van der Waals surface area contributed by atoms with Gasteiger partial charge in [-0.25, -0.2) is 0 Å². The summed E-state index contributed by atoms with van der Waals surface area (Å²) in [6, 6.07) is 26.7. The third-order valence-corrected chi connectivity index (χ3v) is 7.94. The third kappa shape index (κ3) is 6.49. The van der Waals surface area contributed by atoms with Crippen molar-refractivity contribution in [2.75, 3.05) is 13.2 Å². The Labute approximate surface area is 249 Å². The van der Waals surface area contributed by atoms with Gasteiger partial charge in [-0.15, -0.1) is 0 Å². The van der Waals surface area contributed by atoms with Crippen LogP contribution >= 0.6 is 0 Å². The number of rotatable bonds is 14. The van der Waals surface area contributed by atoms with Gasteiger partial charge in [0, 0.05) is 22.3 Å². The molecule has 4 aromatic carbocycles. The molecule has 4 aromatic rings. The summed E-state index contributed by atoms with van der Waals surface area (Å²) in [4.78, 5) is 28.0. The van der Waals surface area contributed by atoms with E-state index in [1.165, 1.54) is 38.5 Å². The van der Waals surface area contributed by atoms with Crippen molar-refractivity contribution >= 4 is 11.6 Å². The summed E-state index contributed by atoms with van der Waals surface area (Å²) >= 11 is 0. The Balaban J connectivity index is 1.46. The molecule has 1 aliphatic rings. The number of fused-ring (bicyclic) bond motifs is 2. The van der Waals surface area contributed by atoms with Crippen LogP contribution in [0.15, 0.2) is 84.9 Å². The Morgan fingerprint density at radius 1 is 0.452 bits per heavy atom. The van der Waals surface area contributed by atoms with E-state index >= 15 is 0 Å². The van der Waals surface area contributed by atoms with Gasteiger partial charge in [-0.2, -0.15) is 0 Å². The van der Waals surface area contributed by atoms with Crippen LogP contribution in [0.3, 0.4) is 0 Å². The molecule has 0 N–H and O–H groups in total. The Bertz CT molecular complexity index is 1400. The number of unbranched alkanes of at least 4 members (excludes halogenated alkanes) is 6. The molecule has 0 saturated heterocycles. The first-order valence-electron chi connectivity index (χ1n) is 15.4. The summed E-state index contributed by atoms with van der Waals surface area (Å²) in [5, 5.41) is 0. The van der Waals surface area contributed by atoms with E-state index in [4.69, 9.17) is 9.47 Å². The molecule has 0 spiro atoms. The second-order valence-corrected chi connectivity index (χ2v) is 11.0. The van der Waals surface area contributed by atoms with Crippen molar-refractivity contribution in [2.45, 2.75) is 65.2 Å². The Morgan fingerprint density at radius 2 is 0.857 bits per heavy atom. The molecule has 216 valence electrons. The molecule has 0 bridgehead atoms. The maximum atomic E-state index is 14.0. The van der Waals surface area contributed by atoms with Gasteiger partial charge >= 0.3 is 0 Å². The largest absolute Gasteiger partial charge is 0.494 e. The van der Waals surface area contributed by atoms with Crippen molar-refractivity contribution in [1.29, 1.82) is 0 Å². The van der Waals surface area contributed by atoms with Gasteiger partial charge < -0.3 is 9.47 Å². The molecular formula is C38H40O4. The second kappa shape index (κ2) is 14.1. The summed E-state index contributed by atoms with van der Waals surface area (Å²) in [6.45, 7) is 5.78. The highest BCUT2D eigenvalue weighted by Crippen LogP contribution is 2.40. The number of hydrogen-bond acceptors (Lipinski definition) is 4. The number of ketones is 2. The van der Waals surface area contributed by atoms with Crippen molar-refractivity contribution in [3.8, 4) is 33.8 Å². The number of hydrogen-bond donors (Lipinski definition) is 0. The van der Waals surface area contributed by atoms with E-state index in [1.807, 2.05) is 72.8 Å². The van der Waals surface area contributed by atoms with Crippen LogP contribution in [0, 0.1) is 0 Å². The molecule has 0 aliphatic heterocycles. The van der Waals surface area contributed by atoms with Crippen LogP contribution in [-0.4, -0.2) is 24.8 Å². The van der Waals surface area contributed by atoms with E-state index in [9.17, 15) is 9.59 Å². The van der Waals surface area contributed by atoms with Crippen LogP contribution in [0.4, 0.5) is 0 Å². The van der Waals surface area contributed by atoms with Crippen LogP contribution in [0.5, 0.6) is 11.5 Å². The molecule has 5 rings (SSSR count). The number of ether oxygens (including phenoxy) is 2. The summed E-state index contributed by atoms with van der Waals surface area (Å²) in [5.41, 5.74) is 5.08. The van der Waals surface area contributed by atoms with Crippen molar-refractivity contribution in [3.63, 3.8) is 0 Å². The molecule has 1 aliphatic carbocycles. The van der Waals surface area contributed by atoms with Crippen molar-refractivity contribution in [1.82, 2.24) is 0 Å². The molecule has 42 heavy (non-hydrogen) atoms. The molecule has 0 unspecified atom stereocenters. The maximum absolute atomic E-state index is 14.0. The Kier molecular flexibility index (Phi) is 9.86. The van der Waals surface area contributed by atoms with E-state index < -0.39 is 0 Å². The van der Waals surface area contributed by atoms with E-state index in [2.05, 4.69) is 13.8 Å². The molecule has 0 amide bonds. The SMILES string of the molecule is CCCCCCOc1ccc(-c2ccc(-c3ccc(OCCCCCC)cc3)c3c2C(=O)c2ccccc2C3=O)cc1. The quantitative estimate of drug-likeness (QED) is 0.127. The van der Waals surface area contributed by atoms with Crippen molar-refractivity contribution < 1.29 is 19.1 Å². The average molecular weight is 561 g/mol. The van der Waals surface area contributed by atoms with Crippen LogP contribution < -0.4 is 9.47 Å². The molecule has 0 atom stereocenters. The molecule has 4 nitrogen and oxygen atoms in total. The number of carbonyl (C=O) groups is 2. The first-order chi connectivity index (χ1) is 20.6. The topological polar surface area (TPSA) is 52.6 Å². The normalized spacial score (nSPS) is 12.1. The second-order valence-electron chi connectivity index (χ2n) is 11.0. The van der Waals surface area contributed by atoms with Gasteiger partial charge in [0.15, 0.2) is 11.6 Å². The molecule has 0 radical (unpaired) electrons. The van der Waals surface area contributed by atoms with E-state index in [0.29, 0.717) is 35.5 Å². The first kappa shape index (κ1) is 29.3. The molecule has 0 saturated carbocycles. The van der Waals surface area contributed by atoms with Crippen LogP contribution in [0.1, 0.15) is 97.1 Å². The lowest BCUT2D eigenvalue weighted by Gasteiger charge is -2.23. The zero-order valence-corrected chi connectivity index (χ0v) is 24.8. The maximum Gasteiger partial charge on any atom is 0.195 e. The smallest absolute Gasteiger partial charge is 0.195 e. The van der Waals surface area contributed by atoms with Crippen LogP contribution in [-0.2, 0) is 0 Å². The highest BCUT2D eigenvalue weighted by molar-refractivity contribution is 6.32. The summed E-state index contributed by atoms with van der Waals surface area (Å²) < 4.78 is 11.9. The van der Waals surface area contributed by atoms with Gasteiger partial charge in [-0.3, -0.25) is 9.59 Å². The lowest BCUT2D eigenvalue weighted by Crippen LogP contribution is -2.22. The third-order valence-electron chi connectivity index (χ3n) is 7.94. The van der Waals surface area contributed by atoms with E-state index in [-0.39, 0.29) is 11.6 Å². The predicted octanol–water partition coefficient (Wildman–Crippen LogP) is 9.71.